The van der Waals surface area contributed by atoms with Gasteiger partial charge in [-0.05, 0) is 37.3 Å². The van der Waals surface area contributed by atoms with Crippen molar-refractivity contribution in [3.8, 4) is 5.69 Å². The number of para-hydroxylation sites is 1. The second-order valence-corrected chi connectivity index (χ2v) is 10.6. The average Bonchev–Trinajstić information content (AvgIpc) is 2.98. The number of rotatable bonds is 4. The highest BCUT2D eigenvalue weighted by atomic mass is 35.5. The topological polar surface area (TPSA) is 81.1 Å². The Labute approximate surface area is 181 Å². The van der Waals surface area contributed by atoms with Crippen molar-refractivity contribution in [1.29, 1.82) is 0 Å². The molecule has 0 atom stereocenters. The summed E-state index contributed by atoms with van der Waals surface area (Å²) in [6.07, 6.45) is 1.06. The first-order valence-electron chi connectivity index (χ1n) is 9.36. The Morgan fingerprint density at radius 2 is 1.73 bits per heavy atom. The Morgan fingerprint density at radius 1 is 1.10 bits per heavy atom. The number of aromatic nitrogens is 2. The molecule has 3 rings (SSSR count). The lowest BCUT2D eigenvalue weighted by Gasteiger charge is -2.16. The number of carbonyl (C=O) groups excluding carboxylic acids is 1. The summed E-state index contributed by atoms with van der Waals surface area (Å²) in [5.74, 6) is 0.0872. The normalized spacial score (nSPS) is 12.1. The third kappa shape index (κ3) is 4.42. The standard InChI is InChI=1S/C22H24ClN3O3S/c1-14-19(22(2,3)4)25-26(16-9-7-6-8-10-16)20(14)24-21(27)15-11-12-17(23)18(13-15)30(5,28)29/h6-13H,1-5H3,(H,24,27). The molecule has 0 aliphatic carbocycles. The molecule has 8 heteroatoms. The van der Waals surface area contributed by atoms with E-state index >= 15 is 0 Å². The Morgan fingerprint density at radius 3 is 2.30 bits per heavy atom. The van der Waals surface area contributed by atoms with Crippen LogP contribution < -0.4 is 5.32 Å². The van der Waals surface area contributed by atoms with Crippen molar-refractivity contribution in [3.05, 3.63) is 70.4 Å². The van der Waals surface area contributed by atoms with E-state index in [0.29, 0.717) is 5.82 Å². The average molecular weight is 446 g/mol. The molecule has 3 aromatic rings. The summed E-state index contributed by atoms with van der Waals surface area (Å²) in [5, 5.41) is 7.74. The molecule has 0 fully saturated rings. The van der Waals surface area contributed by atoms with Gasteiger partial charge in [0.2, 0.25) is 0 Å². The fourth-order valence-electron chi connectivity index (χ4n) is 3.22. The number of hydrogen-bond donors (Lipinski definition) is 1. The van der Waals surface area contributed by atoms with Crippen LogP contribution in [0.4, 0.5) is 5.82 Å². The van der Waals surface area contributed by atoms with Crippen molar-refractivity contribution in [2.24, 2.45) is 0 Å². The van der Waals surface area contributed by atoms with Crippen LogP contribution in [-0.2, 0) is 15.3 Å². The van der Waals surface area contributed by atoms with E-state index in [4.69, 9.17) is 16.7 Å². The molecule has 0 aliphatic heterocycles. The van der Waals surface area contributed by atoms with Gasteiger partial charge < -0.3 is 5.32 Å². The van der Waals surface area contributed by atoms with Gasteiger partial charge in [-0.1, -0.05) is 50.6 Å². The van der Waals surface area contributed by atoms with Crippen LogP contribution in [0.5, 0.6) is 0 Å². The third-order valence-corrected chi connectivity index (χ3v) is 6.24. The highest BCUT2D eigenvalue weighted by Gasteiger charge is 2.26. The Bertz CT molecular complexity index is 1210. The van der Waals surface area contributed by atoms with E-state index in [2.05, 4.69) is 26.1 Å². The minimum Gasteiger partial charge on any atom is -0.306 e. The lowest BCUT2D eigenvalue weighted by Crippen LogP contribution is -2.16. The van der Waals surface area contributed by atoms with Crippen molar-refractivity contribution < 1.29 is 13.2 Å². The molecule has 0 saturated carbocycles. The summed E-state index contributed by atoms with van der Waals surface area (Å²) in [4.78, 5) is 12.9. The zero-order valence-corrected chi connectivity index (χ0v) is 19.1. The second kappa shape index (κ2) is 7.89. The first-order chi connectivity index (χ1) is 13.9. The van der Waals surface area contributed by atoms with Crippen molar-refractivity contribution >= 4 is 33.2 Å². The van der Waals surface area contributed by atoms with E-state index in [9.17, 15) is 13.2 Å². The van der Waals surface area contributed by atoms with Gasteiger partial charge in [0.1, 0.15) is 5.82 Å². The lowest BCUT2D eigenvalue weighted by atomic mass is 9.90. The zero-order valence-electron chi connectivity index (χ0n) is 17.5. The van der Waals surface area contributed by atoms with Crippen LogP contribution in [0.25, 0.3) is 5.69 Å². The fourth-order valence-corrected chi connectivity index (χ4v) is 4.52. The molecular weight excluding hydrogens is 422 g/mol. The number of amides is 1. The van der Waals surface area contributed by atoms with E-state index in [-0.39, 0.29) is 20.9 Å². The largest absolute Gasteiger partial charge is 0.306 e. The van der Waals surface area contributed by atoms with Gasteiger partial charge >= 0.3 is 0 Å². The smallest absolute Gasteiger partial charge is 0.256 e. The number of sulfone groups is 1. The predicted molar refractivity (Wildman–Crippen MR) is 120 cm³/mol. The quantitative estimate of drug-likeness (QED) is 0.626. The van der Waals surface area contributed by atoms with Gasteiger partial charge in [-0.25, -0.2) is 13.1 Å². The monoisotopic (exact) mass is 445 g/mol. The lowest BCUT2D eigenvalue weighted by molar-refractivity contribution is 0.102. The molecule has 158 valence electrons. The molecular formula is C22H24ClN3O3S. The zero-order chi connectivity index (χ0) is 22.3. The molecule has 2 aromatic carbocycles. The number of hydrogen-bond acceptors (Lipinski definition) is 4. The van der Waals surface area contributed by atoms with E-state index in [1.807, 2.05) is 37.3 Å². The predicted octanol–water partition coefficient (Wildman–Crippen LogP) is 4.79. The first-order valence-corrected chi connectivity index (χ1v) is 11.6. The maximum atomic E-state index is 13.0. The molecule has 0 unspecified atom stereocenters. The van der Waals surface area contributed by atoms with Crippen LogP contribution in [0.1, 0.15) is 42.4 Å². The summed E-state index contributed by atoms with van der Waals surface area (Å²) in [7, 11) is -3.57. The Hall–Kier alpha value is -2.64. The SMILES string of the molecule is Cc1c(C(C)(C)C)nn(-c2ccccc2)c1NC(=O)c1ccc(Cl)c(S(C)(=O)=O)c1. The molecule has 0 saturated heterocycles. The third-order valence-electron chi connectivity index (χ3n) is 4.66. The van der Waals surface area contributed by atoms with Crippen molar-refractivity contribution in [2.75, 3.05) is 11.6 Å². The van der Waals surface area contributed by atoms with E-state index in [1.54, 1.807) is 4.68 Å². The van der Waals surface area contributed by atoms with E-state index < -0.39 is 15.7 Å². The molecule has 1 heterocycles. The van der Waals surface area contributed by atoms with Crippen LogP contribution >= 0.6 is 11.6 Å². The van der Waals surface area contributed by atoms with Gasteiger partial charge in [-0.2, -0.15) is 5.10 Å². The highest BCUT2D eigenvalue weighted by molar-refractivity contribution is 7.90. The summed E-state index contributed by atoms with van der Waals surface area (Å²) < 4.78 is 25.6. The number of anilines is 1. The minimum absolute atomic E-state index is 0.0783. The van der Waals surface area contributed by atoms with Gasteiger partial charge in [0.05, 0.1) is 21.3 Å². The summed E-state index contributed by atoms with van der Waals surface area (Å²) in [6.45, 7) is 8.08. The van der Waals surface area contributed by atoms with Crippen molar-refractivity contribution in [3.63, 3.8) is 0 Å². The van der Waals surface area contributed by atoms with Crippen LogP contribution in [0.3, 0.4) is 0 Å². The van der Waals surface area contributed by atoms with Gasteiger partial charge in [0.25, 0.3) is 5.91 Å². The van der Waals surface area contributed by atoms with Gasteiger partial charge in [-0.3, -0.25) is 4.79 Å². The highest BCUT2D eigenvalue weighted by Crippen LogP contribution is 2.32. The van der Waals surface area contributed by atoms with Gasteiger partial charge in [-0.15, -0.1) is 0 Å². The molecule has 0 radical (unpaired) electrons. The summed E-state index contributed by atoms with van der Waals surface area (Å²) in [6, 6.07) is 13.7. The Kier molecular flexibility index (Phi) is 5.80. The fraction of sp³-hybridized carbons (Fsp3) is 0.273. The van der Waals surface area contributed by atoms with E-state index in [0.717, 1.165) is 23.2 Å². The van der Waals surface area contributed by atoms with Crippen molar-refractivity contribution in [2.45, 2.75) is 38.0 Å². The molecule has 30 heavy (non-hydrogen) atoms. The molecule has 1 N–H and O–H groups in total. The van der Waals surface area contributed by atoms with E-state index in [1.165, 1.54) is 18.2 Å². The maximum absolute atomic E-state index is 13.0. The van der Waals surface area contributed by atoms with Crippen molar-refractivity contribution in [1.82, 2.24) is 9.78 Å². The van der Waals surface area contributed by atoms with Crippen LogP contribution in [0, 0.1) is 6.92 Å². The molecule has 0 spiro atoms. The summed E-state index contributed by atoms with van der Waals surface area (Å²) in [5.41, 5.74) is 2.47. The molecule has 0 aliphatic rings. The molecule has 6 nitrogen and oxygen atoms in total. The Balaban J connectivity index is 2.09. The van der Waals surface area contributed by atoms with Crippen LogP contribution in [0.2, 0.25) is 5.02 Å². The second-order valence-electron chi connectivity index (χ2n) is 8.19. The number of nitrogens with one attached hydrogen (secondary N) is 1. The molecule has 1 amide bonds. The summed E-state index contributed by atoms with van der Waals surface area (Å²) >= 11 is 6.00. The molecule has 0 bridgehead atoms. The van der Waals surface area contributed by atoms with Gasteiger partial charge in [0, 0.05) is 22.8 Å². The number of carbonyl (C=O) groups is 1. The maximum Gasteiger partial charge on any atom is 0.256 e. The van der Waals surface area contributed by atoms with Gasteiger partial charge in [0.15, 0.2) is 9.84 Å². The molecule has 1 aromatic heterocycles. The van der Waals surface area contributed by atoms with Crippen LogP contribution in [-0.4, -0.2) is 30.4 Å². The first kappa shape index (κ1) is 22.1. The number of benzene rings is 2. The minimum atomic E-state index is -3.57. The van der Waals surface area contributed by atoms with Crippen LogP contribution in [0.15, 0.2) is 53.4 Å². The number of halogens is 1. The number of nitrogens with zero attached hydrogens (tertiary/aromatic N) is 2.